The molecule has 0 aromatic heterocycles. The number of carboxylic acid groups (broad SMARTS) is 1. The van der Waals surface area contributed by atoms with Crippen molar-refractivity contribution >= 4 is 17.7 Å². The monoisotopic (exact) mass is 212 g/mol. The summed E-state index contributed by atoms with van der Waals surface area (Å²) in [5, 5.41) is 17.3. The highest BCUT2D eigenvalue weighted by molar-refractivity contribution is 7.99. The van der Waals surface area contributed by atoms with Crippen molar-refractivity contribution in [3.63, 3.8) is 0 Å². The first kappa shape index (κ1) is 10.9. The Kier molecular flexibility index (Phi) is 3.83. The van der Waals surface area contributed by atoms with E-state index in [9.17, 15) is 4.79 Å². The molecular weight excluding hydrogens is 200 g/mol. The van der Waals surface area contributed by atoms with Gasteiger partial charge in [-0.1, -0.05) is 12.1 Å². The minimum absolute atomic E-state index is 0.227. The van der Waals surface area contributed by atoms with Crippen LogP contribution in [0, 0.1) is 0 Å². The molecule has 0 amide bonds. The number of phenols is 1. The summed E-state index contributed by atoms with van der Waals surface area (Å²) < 4.78 is 0. The van der Waals surface area contributed by atoms with Crippen LogP contribution in [0.15, 0.2) is 24.3 Å². The van der Waals surface area contributed by atoms with E-state index in [2.05, 4.69) is 0 Å². The number of hydrogen-bond acceptors (Lipinski definition) is 3. The van der Waals surface area contributed by atoms with Gasteiger partial charge in [-0.25, -0.2) is 0 Å². The van der Waals surface area contributed by atoms with Crippen LogP contribution in [-0.4, -0.2) is 21.4 Å². The van der Waals surface area contributed by atoms with E-state index in [1.807, 2.05) is 0 Å². The molecule has 0 radical (unpaired) electrons. The van der Waals surface area contributed by atoms with E-state index in [0.29, 0.717) is 5.75 Å². The third-order valence-electron chi connectivity index (χ3n) is 1.78. The first-order chi connectivity index (χ1) is 6.59. The summed E-state index contributed by atoms with van der Waals surface area (Å²) in [6.45, 7) is 1.66. The van der Waals surface area contributed by atoms with Crippen molar-refractivity contribution < 1.29 is 15.0 Å². The van der Waals surface area contributed by atoms with Gasteiger partial charge in [0, 0.05) is 5.75 Å². The second-order valence-electron chi connectivity index (χ2n) is 2.96. The van der Waals surface area contributed by atoms with Crippen LogP contribution < -0.4 is 0 Å². The molecular formula is C10H12O3S. The van der Waals surface area contributed by atoms with E-state index in [4.69, 9.17) is 10.2 Å². The van der Waals surface area contributed by atoms with Crippen molar-refractivity contribution in [3.05, 3.63) is 29.8 Å². The molecule has 0 spiro atoms. The Hall–Kier alpha value is -1.16. The second-order valence-corrected chi connectivity index (χ2v) is 4.29. The van der Waals surface area contributed by atoms with E-state index in [1.54, 1.807) is 31.2 Å². The van der Waals surface area contributed by atoms with Crippen molar-refractivity contribution in [2.45, 2.75) is 17.9 Å². The van der Waals surface area contributed by atoms with E-state index < -0.39 is 11.2 Å². The van der Waals surface area contributed by atoms with E-state index in [-0.39, 0.29) is 5.75 Å². The Morgan fingerprint density at radius 2 is 2.00 bits per heavy atom. The minimum Gasteiger partial charge on any atom is -0.508 e. The molecule has 0 saturated carbocycles. The first-order valence-electron chi connectivity index (χ1n) is 4.22. The lowest BCUT2D eigenvalue weighted by molar-refractivity contribution is -0.136. The van der Waals surface area contributed by atoms with E-state index in [0.717, 1.165) is 5.56 Å². The zero-order valence-corrected chi connectivity index (χ0v) is 8.62. The van der Waals surface area contributed by atoms with Crippen LogP contribution in [0.25, 0.3) is 0 Å². The lowest BCUT2D eigenvalue weighted by Gasteiger charge is -2.05. The Morgan fingerprint density at radius 1 is 1.43 bits per heavy atom. The number of aliphatic carboxylic acids is 1. The molecule has 0 aliphatic rings. The molecule has 1 rings (SSSR count). The minimum atomic E-state index is -0.797. The average molecular weight is 212 g/mol. The molecule has 0 aliphatic carbocycles. The predicted molar refractivity (Wildman–Crippen MR) is 56.5 cm³/mol. The molecule has 1 aromatic rings. The van der Waals surface area contributed by atoms with Crippen LogP contribution in [0.5, 0.6) is 5.75 Å². The molecule has 0 fully saturated rings. The number of phenolic OH excluding ortho intramolecular Hbond substituents is 1. The zero-order valence-electron chi connectivity index (χ0n) is 7.80. The van der Waals surface area contributed by atoms with Crippen molar-refractivity contribution in [1.82, 2.24) is 0 Å². The smallest absolute Gasteiger partial charge is 0.316 e. The molecule has 3 nitrogen and oxygen atoms in total. The highest BCUT2D eigenvalue weighted by Gasteiger charge is 2.10. The molecule has 76 valence electrons. The van der Waals surface area contributed by atoms with Gasteiger partial charge in [0.2, 0.25) is 0 Å². The zero-order chi connectivity index (χ0) is 10.6. The number of carboxylic acids is 1. The summed E-state index contributed by atoms with van der Waals surface area (Å²) in [7, 11) is 0. The van der Waals surface area contributed by atoms with Crippen LogP contribution in [0.3, 0.4) is 0 Å². The highest BCUT2D eigenvalue weighted by atomic mass is 32.2. The molecule has 0 saturated heterocycles. The number of benzene rings is 1. The first-order valence-corrected chi connectivity index (χ1v) is 5.27. The number of rotatable bonds is 4. The van der Waals surface area contributed by atoms with Gasteiger partial charge in [0.05, 0.1) is 5.25 Å². The molecule has 1 unspecified atom stereocenters. The van der Waals surface area contributed by atoms with Gasteiger partial charge in [0.15, 0.2) is 0 Å². The Labute approximate surface area is 86.8 Å². The molecule has 14 heavy (non-hydrogen) atoms. The summed E-state index contributed by atoms with van der Waals surface area (Å²) in [6, 6.07) is 6.77. The summed E-state index contributed by atoms with van der Waals surface area (Å²) in [5.41, 5.74) is 1.01. The quantitative estimate of drug-likeness (QED) is 0.802. The van der Waals surface area contributed by atoms with Gasteiger partial charge in [-0.05, 0) is 24.6 Å². The molecule has 0 bridgehead atoms. The fraction of sp³-hybridized carbons (Fsp3) is 0.300. The predicted octanol–water partition coefficient (Wildman–Crippen LogP) is 2.10. The topological polar surface area (TPSA) is 57.5 Å². The molecule has 4 heteroatoms. The van der Waals surface area contributed by atoms with Crippen molar-refractivity contribution in [3.8, 4) is 5.75 Å². The maximum absolute atomic E-state index is 10.5. The van der Waals surface area contributed by atoms with Crippen LogP contribution in [0.4, 0.5) is 0 Å². The lowest BCUT2D eigenvalue weighted by atomic mass is 10.2. The Morgan fingerprint density at radius 3 is 2.50 bits per heavy atom. The standard InChI is InChI=1S/C10H12O3S/c1-7(10(12)13)14-6-8-2-4-9(11)5-3-8/h2-5,7,11H,6H2,1H3,(H,12,13). The summed E-state index contributed by atoms with van der Waals surface area (Å²) in [4.78, 5) is 10.5. The Balaban J connectivity index is 2.46. The third-order valence-corrected chi connectivity index (χ3v) is 2.99. The summed E-state index contributed by atoms with van der Waals surface area (Å²) in [5.74, 6) is 0.0760. The van der Waals surface area contributed by atoms with Gasteiger partial charge in [0.1, 0.15) is 5.75 Å². The van der Waals surface area contributed by atoms with Crippen LogP contribution in [0.2, 0.25) is 0 Å². The Bertz CT molecular complexity index is 308. The van der Waals surface area contributed by atoms with Gasteiger partial charge in [-0.3, -0.25) is 4.79 Å². The fourth-order valence-electron chi connectivity index (χ4n) is 0.885. The molecule has 1 aromatic carbocycles. The fourth-order valence-corrected chi connectivity index (χ4v) is 1.66. The number of thioether (sulfide) groups is 1. The van der Waals surface area contributed by atoms with Crippen LogP contribution >= 0.6 is 11.8 Å². The number of aromatic hydroxyl groups is 1. The normalized spacial score (nSPS) is 12.4. The largest absolute Gasteiger partial charge is 0.508 e. The van der Waals surface area contributed by atoms with Crippen molar-refractivity contribution in [1.29, 1.82) is 0 Å². The number of carbonyl (C=O) groups is 1. The maximum Gasteiger partial charge on any atom is 0.316 e. The molecule has 0 heterocycles. The van der Waals surface area contributed by atoms with Gasteiger partial charge in [-0.15, -0.1) is 11.8 Å². The average Bonchev–Trinajstić information content (AvgIpc) is 2.16. The van der Waals surface area contributed by atoms with Crippen molar-refractivity contribution in [2.24, 2.45) is 0 Å². The lowest BCUT2D eigenvalue weighted by Crippen LogP contribution is -2.11. The van der Waals surface area contributed by atoms with Gasteiger partial charge < -0.3 is 10.2 Å². The van der Waals surface area contributed by atoms with E-state index in [1.165, 1.54) is 11.8 Å². The van der Waals surface area contributed by atoms with Gasteiger partial charge >= 0.3 is 5.97 Å². The van der Waals surface area contributed by atoms with E-state index >= 15 is 0 Å². The number of hydrogen-bond donors (Lipinski definition) is 2. The second kappa shape index (κ2) is 4.91. The summed E-state index contributed by atoms with van der Waals surface area (Å²) in [6.07, 6.45) is 0. The van der Waals surface area contributed by atoms with Gasteiger partial charge in [-0.2, -0.15) is 0 Å². The third kappa shape index (κ3) is 3.30. The SMILES string of the molecule is CC(SCc1ccc(O)cc1)C(=O)O. The van der Waals surface area contributed by atoms with Crippen LogP contribution in [0.1, 0.15) is 12.5 Å². The maximum atomic E-state index is 10.5. The molecule has 1 atom stereocenters. The highest BCUT2D eigenvalue weighted by Crippen LogP contribution is 2.19. The summed E-state index contributed by atoms with van der Waals surface area (Å²) >= 11 is 1.36. The molecule has 2 N–H and O–H groups in total. The van der Waals surface area contributed by atoms with Crippen LogP contribution in [-0.2, 0) is 10.5 Å². The van der Waals surface area contributed by atoms with Crippen molar-refractivity contribution in [2.75, 3.05) is 0 Å². The molecule has 0 aliphatic heterocycles. The van der Waals surface area contributed by atoms with Gasteiger partial charge in [0.25, 0.3) is 0 Å².